The maximum absolute atomic E-state index is 5.84. The molecule has 1 aromatic carbocycles. The first-order valence-electron chi connectivity index (χ1n) is 6.69. The van der Waals surface area contributed by atoms with Crippen molar-refractivity contribution in [1.82, 2.24) is 19.5 Å². The largest absolute Gasteiger partial charge is 0.328 e. The first-order chi connectivity index (χ1) is 9.78. The van der Waals surface area contributed by atoms with Crippen molar-refractivity contribution < 1.29 is 0 Å². The lowest BCUT2D eigenvalue weighted by molar-refractivity contribution is 0.661. The van der Waals surface area contributed by atoms with Gasteiger partial charge in [0.1, 0.15) is 5.82 Å². The minimum Gasteiger partial charge on any atom is -0.328 e. The molecule has 0 spiro atoms. The average molecular weight is 287 g/mol. The lowest BCUT2D eigenvalue weighted by Crippen LogP contribution is -2.05. The molecule has 0 saturated heterocycles. The summed E-state index contributed by atoms with van der Waals surface area (Å²) in [7, 11) is 0. The Balaban J connectivity index is 2.04. The molecule has 5 heteroatoms. The average Bonchev–Trinajstić information content (AvgIpc) is 2.77. The fraction of sp³-hybridized carbons (Fsp3) is 0.267. The van der Waals surface area contributed by atoms with E-state index in [0.717, 1.165) is 30.0 Å². The fourth-order valence-electron chi connectivity index (χ4n) is 2.36. The molecule has 0 unspecified atom stereocenters. The molecule has 0 saturated carbocycles. The van der Waals surface area contributed by atoms with Gasteiger partial charge in [0.25, 0.3) is 0 Å². The maximum atomic E-state index is 5.84. The molecule has 3 aromatic rings. The van der Waals surface area contributed by atoms with Crippen LogP contribution >= 0.6 is 11.6 Å². The topological polar surface area (TPSA) is 43.6 Å². The van der Waals surface area contributed by atoms with E-state index in [9.17, 15) is 0 Å². The number of nitrogens with zero attached hydrogens (tertiary/aromatic N) is 4. The van der Waals surface area contributed by atoms with Crippen molar-refractivity contribution in [2.45, 2.75) is 26.3 Å². The van der Waals surface area contributed by atoms with Crippen LogP contribution in [-0.2, 0) is 13.0 Å². The number of benzene rings is 1. The third kappa shape index (κ3) is 2.51. The molecule has 0 fully saturated rings. The van der Waals surface area contributed by atoms with E-state index in [1.807, 2.05) is 24.3 Å². The molecule has 0 atom stereocenters. The summed E-state index contributed by atoms with van der Waals surface area (Å²) in [6, 6.07) is 10.1. The van der Waals surface area contributed by atoms with E-state index in [0.29, 0.717) is 6.42 Å². The number of rotatable bonds is 4. The Morgan fingerprint density at radius 1 is 1.15 bits per heavy atom. The third-order valence-corrected chi connectivity index (χ3v) is 3.39. The second-order valence-electron chi connectivity index (χ2n) is 4.66. The van der Waals surface area contributed by atoms with Crippen molar-refractivity contribution in [2.24, 2.45) is 0 Å². The van der Waals surface area contributed by atoms with Crippen LogP contribution in [0, 0.1) is 0 Å². The van der Waals surface area contributed by atoms with Crippen LogP contribution in [0.3, 0.4) is 0 Å². The quantitative estimate of drug-likeness (QED) is 0.690. The standard InChI is InChI=1S/C15H15ClN4/c1-2-9-20-13-6-4-3-5-12(13)19-14(20)10-11-7-8-17-15(16)18-11/h3-8H,2,9-10H2,1H3. The van der Waals surface area contributed by atoms with Gasteiger partial charge in [0.2, 0.25) is 5.28 Å². The highest BCUT2D eigenvalue weighted by atomic mass is 35.5. The van der Waals surface area contributed by atoms with Crippen LogP contribution in [-0.4, -0.2) is 19.5 Å². The highest BCUT2D eigenvalue weighted by Gasteiger charge is 2.11. The van der Waals surface area contributed by atoms with Crippen LogP contribution < -0.4 is 0 Å². The second kappa shape index (κ2) is 5.59. The van der Waals surface area contributed by atoms with Crippen molar-refractivity contribution in [3.05, 3.63) is 53.3 Å². The molecule has 4 nitrogen and oxygen atoms in total. The number of aryl methyl sites for hydroxylation is 1. The number of fused-ring (bicyclic) bond motifs is 1. The number of imidazole rings is 1. The van der Waals surface area contributed by atoms with E-state index in [4.69, 9.17) is 16.6 Å². The van der Waals surface area contributed by atoms with Crippen molar-refractivity contribution in [3.8, 4) is 0 Å². The summed E-state index contributed by atoms with van der Waals surface area (Å²) in [5, 5.41) is 0.278. The third-order valence-electron chi connectivity index (χ3n) is 3.20. The van der Waals surface area contributed by atoms with Gasteiger partial charge in [0.05, 0.1) is 16.7 Å². The van der Waals surface area contributed by atoms with Crippen molar-refractivity contribution >= 4 is 22.6 Å². The van der Waals surface area contributed by atoms with E-state index in [2.05, 4.69) is 27.5 Å². The Labute approximate surface area is 122 Å². The Morgan fingerprint density at radius 2 is 2.00 bits per heavy atom. The first kappa shape index (κ1) is 13.1. The van der Waals surface area contributed by atoms with Crippen molar-refractivity contribution in [1.29, 1.82) is 0 Å². The maximum Gasteiger partial charge on any atom is 0.222 e. The molecule has 3 rings (SSSR count). The Kier molecular flexibility index (Phi) is 3.65. The SMILES string of the molecule is CCCn1c(Cc2ccnc(Cl)n2)nc2ccccc21. The molecule has 0 amide bonds. The van der Waals surface area contributed by atoms with Crippen LogP contribution in [0.15, 0.2) is 36.5 Å². The molecule has 0 bridgehead atoms. The van der Waals surface area contributed by atoms with Crippen LogP contribution in [0.25, 0.3) is 11.0 Å². The van der Waals surface area contributed by atoms with Crippen molar-refractivity contribution in [3.63, 3.8) is 0 Å². The van der Waals surface area contributed by atoms with Gasteiger partial charge in [-0.2, -0.15) is 0 Å². The minimum absolute atomic E-state index is 0.278. The number of aromatic nitrogens is 4. The molecule has 0 aliphatic rings. The summed E-state index contributed by atoms with van der Waals surface area (Å²) >= 11 is 5.84. The molecule has 0 radical (unpaired) electrons. The van der Waals surface area contributed by atoms with E-state index < -0.39 is 0 Å². The Hall–Kier alpha value is -1.94. The zero-order valence-electron chi connectivity index (χ0n) is 11.3. The summed E-state index contributed by atoms with van der Waals surface area (Å²) in [5.74, 6) is 1.02. The lowest BCUT2D eigenvalue weighted by Gasteiger charge is -2.07. The minimum atomic E-state index is 0.278. The van der Waals surface area contributed by atoms with Gasteiger partial charge < -0.3 is 4.57 Å². The number of halogens is 1. The van der Waals surface area contributed by atoms with Crippen LogP contribution in [0.1, 0.15) is 24.9 Å². The number of hydrogen-bond acceptors (Lipinski definition) is 3. The molecule has 0 aliphatic heterocycles. The molecule has 20 heavy (non-hydrogen) atoms. The molecular formula is C15H15ClN4. The Morgan fingerprint density at radius 3 is 2.80 bits per heavy atom. The van der Waals surface area contributed by atoms with E-state index in [1.165, 1.54) is 5.52 Å². The fourth-order valence-corrected chi connectivity index (χ4v) is 2.53. The summed E-state index contributed by atoms with van der Waals surface area (Å²) in [6.07, 6.45) is 3.41. The predicted molar refractivity (Wildman–Crippen MR) is 79.9 cm³/mol. The molecular weight excluding hydrogens is 272 g/mol. The van der Waals surface area contributed by atoms with Crippen LogP contribution in [0.5, 0.6) is 0 Å². The van der Waals surface area contributed by atoms with Gasteiger partial charge in [-0.3, -0.25) is 0 Å². The van der Waals surface area contributed by atoms with E-state index >= 15 is 0 Å². The van der Waals surface area contributed by atoms with E-state index in [-0.39, 0.29) is 5.28 Å². The summed E-state index contributed by atoms with van der Waals surface area (Å²) < 4.78 is 2.26. The molecule has 2 aromatic heterocycles. The molecule has 0 N–H and O–H groups in total. The number of para-hydroxylation sites is 2. The highest BCUT2D eigenvalue weighted by Crippen LogP contribution is 2.18. The second-order valence-corrected chi connectivity index (χ2v) is 5.00. The zero-order valence-corrected chi connectivity index (χ0v) is 12.0. The zero-order chi connectivity index (χ0) is 13.9. The summed E-state index contributed by atoms with van der Waals surface area (Å²) in [4.78, 5) is 12.9. The molecule has 102 valence electrons. The van der Waals surface area contributed by atoms with E-state index in [1.54, 1.807) is 6.20 Å². The Bertz CT molecular complexity index is 736. The molecule has 2 heterocycles. The lowest BCUT2D eigenvalue weighted by atomic mass is 10.3. The van der Waals surface area contributed by atoms with Gasteiger partial charge >= 0.3 is 0 Å². The predicted octanol–water partition coefficient (Wildman–Crippen LogP) is 3.48. The van der Waals surface area contributed by atoms with Gasteiger partial charge in [0, 0.05) is 19.2 Å². The van der Waals surface area contributed by atoms with Crippen molar-refractivity contribution in [2.75, 3.05) is 0 Å². The summed E-state index contributed by atoms with van der Waals surface area (Å²) in [6.45, 7) is 3.12. The van der Waals surface area contributed by atoms with Gasteiger partial charge in [-0.15, -0.1) is 0 Å². The smallest absolute Gasteiger partial charge is 0.222 e. The van der Waals surface area contributed by atoms with Crippen LogP contribution in [0.2, 0.25) is 5.28 Å². The van der Waals surface area contributed by atoms with Gasteiger partial charge in [-0.05, 0) is 36.2 Å². The monoisotopic (exact) mass is 286 g/mol. The highest BCUT2D eigenvalue weighted by molar-refractivity contribution is 6.28. The van der Waals surface area contributed by atoms with Gasteiger partial charge in [0.15, 0.2) is 0 Å². The summed E-state index contributed by atoms with van der Waals surface area (Å²) in [5.41, 5.74) is 3.08. The molecule has 0 aliphatic carbocycles. The van der Waals surface area contributed by atoms with Gasteiger partial charge in [-0.1, -0.05) is 19.1 Å². The number of hydrogen-bond donors (Lipinski definition) is 0. The normalized spacial score (nSPS) is 11.1. The first-order valence-corrected chi connectivity index (χ1v) is 7.07. The van der Waals surface area contributed by atoms with Gasteiger partial charge in [-0.25, -0.2) is 15.0 Å². The van der Waals surface area contributed by atoms with Crippen LogP contribution in [0.4, 0.5) is 0 Å².